The Hall–Kier alpha value is -2.08. The van der Waals surface area contributed by atoms with Gasteiger partial charge in [-0.3, -0.25) is 20.4 Å². The Labute approximate surface area is 130 Å². The maximum atomic E-state index is 12.3. The first-order valence-corrected chi connectivity index (χ1v) is 7.41. The number of nitrogens with one attached hydrogen (secondary N) is 3. The van der Waals surface area contributed by atoms with Crippen molar-refractivity contribution in [3.63, 3.8) is 0 Å². The first-order valence-electron chi connectivity index (χ1n) is 6.62. The van der Waals surface area contributed by atoms with Crippen molar-refractivity contribution in [1.82, 2.24) is 15.8 Å². The number of benzene rings is 1. The summed E-state index contributed by atoms with van der Waals surface area (Å²) in [7, 11) is 0. The average molecular weight is 348 g/mol. The summed E-state index contributed by atoms with van der Waals surface area (Å²) in [5.74, 6) is -0.537. The van der Waals surface area contributed by atoms with Crippen molar-refractivity contribution in [3.8, 4) is 0 Å². The number of carbonyl (C=O) groups excluding carboxylic acids is 2. The van der Waals surface area contributed by atoms with E-state index in [0.29, 0.717) is 5.69 Å². The molecule has 1 aromatic heterocycles. The molecule has 21 heavy (non-hydrogen) atoms. The molecule has 6 heteroatoms. The zero-order valence-corrected chi connectivity index (χ0v) is 12.7. The van der Waals surface area contributed by atoms with Gasteiger partial charge in [0.05, 0.1) is 5.41 Å². The molecule has 1 aliphatic rings. The highest BCUT2D eigenvalue weighted by atomic mass is 79.9. The number of aromatic nitrogens is 1. The van der Waals surface area contributed by atoms with Gasteiger partial charge in [-0.1, -0.05) is 28.1 Å². The third-order valence-electron chi connectivity index (χ3n) is 3.71. The van der Waals surface area contributed by atoms with Crippen LogP contribution in [0.25, 0.3) is 0 Å². The number of rotatable bonds is 3. The van der Waals surface area contributed by atoms with Crippen LogP contribution in [0.15, 0.2) is 47.1 Å². The maximum Gasteiger partial charge on any atom is 0.286 e. The lowest BCUT2D eigenvalue weighted by atomic mass is 9.95. The van der Waals surface area contributed by atoms with E-state index in [1.807, 2.05) is 24.3 Å². The van der Waals surface area contributed by atoms with Crippen molar-refractivity contribution in [1.29, 1.82) is 0 Å². The summed E-state index contributed by atoms with van der Waals surface area (Å²) in [5, 5.41) is 0. The molecule has 1 heterocycles. The number of hydrazine groups is 1. The molecule has 1 aliphatic carbocycles. The summed E-state index contributed by atoms with van der Waals surface area (Å²) in [6.07, 6.45) is 3.23. The van der Waals surface area contributed by atoms with Gasteiger partial charge in [-0.25, -0.2) is 0 Å². The van der Waals surface area contributed by atoms with Gasteiger partial charge in [0.2, 0.25) is 5.91 Å². The van der Waals surface area contributed by atoms with Crippen LogP contribution >= 0.6 is 15.9 Å². The number of amides is 2. The molecule has 0 radical (unpaired) electrons. The lowest BCUT2D eigenvalue weighted by Crippen LogP contribution is -2.46. The molecule has 1 aromatic carbocycles. The number of H-pyrrole nitrogens is 1. The molecule has 0 aliphatic heterocycles. The van der Waals surface area contributed by atoms with E-state index in [0.717, 1.165) is 22.9 Å². The molecule has 3 N–H and O–H groups in total. The molecular weight excluding hydrogens is 334 g/mol. The Morgan fingerprint density at radius 1 is 1.10 bits per heavy atom. The standard InChI is InChI=1S/C15H14BrN3O2/c16-11-5-3-10(4-6-11)15(7-8-15)14(21)19-18-13(20)12-2-1-9-17-12/h1-6,9,17H,7-8H2,(H,18,20)(H,19,21). The SMILES string of the molecule is O=C(NNC(=O)C1(c2ccc(Br)cc2)CC1)c1ccc[nH]1. The fraction of sp³-hybridized carbons (Fsp3) is 0.200. The highest BCUT2D eigenvalue weighted by molar-refractivity contribution is 9.10. The molecule has 2 aromatic rings. The van der Waals surface area contributed by atoms with Crippen LogP contribution in [0.3, 0.4) is 0 Å². The topological polar surface area (TPSA) is 74.0 Å². The highest BCUT2D eigenvalue weighted by Gasteiger charge is 2.51. The van der Waals surface area contributed by atoms with E-state index in [1.54, 1.807) is 18.3 Å². The Morgan fingerprint density at radius 3 is 2.38 bits per heavy atom. The zero-order chi connectivity index (χ0) is 14.9. The fourth-order valence-electron chi connectivity index (χ4n) is 2.31. The van der Waals surface area contributed by atoms with E-state index in [1.165, 1.54) is 0 Å². The van der Waals surface area contributed by atoms with Crippen LogP contribution in [0.5, 0.6) is 0 Å². The van der Waals surface area contributed by atoms with E-state index >= 15 is 0 Å². The average Bonchev–Trinajstić information content (AvgIpc) is 3.11. The molecular formula is C15H14BrN3O2. The van der Waals surface area contributed by atoms with Crippen LogP contribution in [-0.4, -0.2) is 16.8 Å². The van der Waals surface area contributed by atoms with Crippen LogP contribution in [-0.2, 0) is 10.2 Å². The van der Waals surface area contributed by atoms with Crippen molar-refractivity contribution in [2.75, 3.05) is 0 Å². The van der Waals surface area contributed by atoms with Gasteiger partial charge in [0.1, 0.15) is 5.69 Å². The lowest BCUT2D eigenvalue weighted by molar-refractivity contribution is -0.124. The summed E-state index contributed by atoms with van der Waals surface area (Å²) in [5.41, 5.74) is 5.82. The second kappa shape index (κ2) is 5.37. The second-order valence-corrected chi connectivity index (χ2v) is 6.00. The predicted octanol–water partition coefficient (Wildman–Crippen LogP) is 2.27. The van der Waals surface area contributed by atoms with Crippen LogP contribution in [0.2, 0.25) is 0 Å². The molecule has 1 fully saturated rings. The van der Waals surface area contributed by atoms with Gasteiger partial charge >= 0.3 is 0 Å². The van der Waals surface area contributed by atoms with Gasteiger partial charge in [-0.05, 0) is 42.7 Å². The molecule has 0 spiro atoms. The summed E-state index contributed by atoms with van der Waals surface area (Å²) in [6, 6.07) is 11.1. The van der Waals surface area contributed by atoms with Crippen LogP contribution < -0.4 is 10.9 Å². The van der Waals surface area contributed by atoms with E-state index in [9.17, 15) is 9.59 Å². The van der Waals surface area contributed by atoms with Crippen LogP contribution in [0, 0.1) is 0 Å². The van der Waals surface area contributed by atoms with Crippen LogP contribution in [0.4, 0.5) is 0 Å². The Morgan fingerprint density at radius 2 is 1.81 bits per heavy atom. The summed E-state index contributed by atoms with van der Waals surface area (Å²) in [6.45, 7) is 0. The fourth-order valence-corrected chi connectivity index (χ4v) is 2.58. The minimum atomic E-state index is -0.510. The molecule has 1 saturated carbocycles. The molecule has 0 atom stereocenters. The van der Waals surface area contributed by atoms with E-state index in [2.05, 4.69) is 31.8 Å². The van der Waals surface area contributed by atoms with Crippen molar-refractivity contribution in [2.24, 2.45) is 0 Å². The minimum absolute atomic E-state index is 0.176. The molecule has 0 bridgehead atoms. The number of carbonyl (C=O) groups is 2. The van der Waals surface area contributed by atoms with Crippen molar-refractivity contribution >= 4 is 27.7 Å². The lowest BCUT2D eigenvalue weighted by Gasteiger charge is -2.16. The smallest absolute Gasteiger partial charge is 0.286 e. The van der Waals surface area contributed by atoms with Crippen LogP contribution in [0.1, 0.15) is 28.9 Å². The third kappa shape index (κ3) is 2.71. The van der Waals surface area contributed by atoms with Crippen molar-refractivity contribution < 1.29 is 9.59 Å². The number of hydrogen-bond donors (Lipinski definition) is 3. The highest BCUT2D eigenvalue weighted by Crippen LogP contribution is 2.48. The number of hydrogen-bond acceptors (Lipinski definition) is 2. The first-order chi connectivity index (χ1) is 10.1. The van der Waals surface area contributed by atoms with Gasteiger partial charge < -0.3 is 4.98 Å². The van der Waals surface area contributed by atoms with E-state index in [-0.39, 0.29) is 11.8 Å². The normalized spacial score (nSPS) is 15.3. The summed E-state index contributed by atoms with van der Waals surface area (Å²) in [4.78, 5) is 26.9. The minimum Gasteiger partial charge on any atom is -0.357 e. The Kier molecular flexibility index (Phi) is 3.55. The van der Waals surface area contributed by atoms with E-state index < -0.39 is 5.41 Å². The molecule has 3 rings (SSSR count). The number of aromatic amines is 1. The molecule has 108 valence electrons. The Bertz CT molecular complexity index is 661. The van der Waals surface area contributed by atoms with Gasteiger partial charge in [-0.15, -0.1) is 0 Å². The summed E-state index contributed by atoms with van der Waals surface area (Å²) < 4.78 is 0.975. The van der Waals surface area contributed by atoms with Gasteiger partial charge in [-0.2, -0.15) is 0 Å². The molecule has 5 nitrogen and oxygen atoms in total. The maximum absolute atomic E-state index is 12.3. The van der Waals surface area contributed by atoms with Gasteiger partial charge in [0.25, 0.3) is 5.91 Å². The van der Waals surface area contributed by atoms with Crippen molar-refractivity contribution in [3.05, 3.63) is 58.3 Å². The Balaban J connectivity index is 1.65. The van der Waals surface area contributed by atoms with Gasteiger partial charge in [0.15, 0.2) is 0 Å². The largest absolute Gasteiger partial charge is 0.357 e. The molecule has 0 saturated heterocycles. The second-order valence-electron chi connectivity index (χ2n) is 5.08. The summed E-state index contributed by atoms with van der Waals surface area (Å²) >= 11 is 3.38. The zero-order valence-electron chi connectivity index (χ0n) is 11.2. The van der Waals surface area contributed by atoms with Gasteiger partial charge in [0, 0.05) is 10.7 Å². The third-order valence-corrected chi connectivity index (χ3v) is 4.24. The molecule has 0 unspecified atom stereocenters. The predicted molar refractivity (Wildman–Crippen MR) is 81.5 cm³/mol. The van der Waals surface area contributed by atoms with Crippen molar-refractivity contribution in [2.45, 2.75) is 18.3 Å². The first kappa shape index (κ1) is 13.9. The number of halogens is 1. The molecule has 2 amide bonds. The monoisotopic (exact) mass is 347 g/mol. The van der Waals surface area contributed by atoms with E-state index in [4.69, 9.17) is 0 Å². The quantitative estimate of drug-likeness (QED) is 0.745.